The van der Waals surface area contributed by atoms with Crippen LogP contribution in [0.25, 0.3) is 11.6 Å². The Morgan fingerprint density at radius 2 is 1.80 bits per heavy atom. The van der Waals surface area contributed by atoms with Crippen molar-refractivity contribution < 1.29 is 9.90 Å². The third kappa shape index (κ3) is 3.40. The maximum absolute atomic E-state index is 11.0. The Morgan fingerprint density at radius 3 is 2.40 bits per heavy atom. The average Bonchev–Trinajstić information content (AvgIpc) is 3.00. The van der Waals surface area contributed by atoms with E-state index >= 15 is 0 Å². The molecule has 0 fully saturated rings. The number of fused-ring (bicyclic) bond motifs is 1. The minimum absolute atomic E-state index is 0.179. The Bertz CT molecular complexity index is 859. The first-order valence-electron chi connectivity index (χ1n) is 8.63. The molecular formula is C21H25NO2S. The molecule has 0 aliphatic heterocycles. The standard InChI is InChI=1S/C21H25NO2S/c1-13(10-18-22-12-17(25-18)19(23)24)14-6-7-15-16(11-14)21(4,5)9-8-20(15,2)3/h6-7,10-12H,8-9H2,1-5H3,(H,23,24)/b13-10+. The number of hydrogen-bond acceptors (Lipinski definition) is 3. The summed E-state index contributed by atoms with van der Waals surface area (Å²) in [4.78, 5) is 15.5. The van der Waals surface area contributed by atoms with E-state index in [0.29, 0.717) is 0 Å². The summed E-state index contributed by atoms with van der Waals surface area (Å²) in [5, 5.41) is 9.77. The monoisotopic (exact) mass is 355 g/mol. The Kier molecular flexibility index (Phi) is 4.36. The van der Waals surface area contributed by atoms with Crippen LogP contribution in [-0.2, 0) is 10.8 Å². The second-order valence-corrected chi connectivity index (χ2v) is 9.29. The third-order valence-corrected chi connectivity index (χ3v) is 6.31. The van der Waals surface area contributed by atoms with E-state index in [4.69, 9.17) is 5.11 Å². The quantitative estimate of drug-likeness (QED) is 0.762. The summed E-state index contributed by atoms with van der Waals surface area (Å²) in [5.41, 5.74) is 5.55. The lowest BCUT2D eigenvalue weighted by Crippen LogP contribution is -2.33. The molecule has 1 N–H and O–H groups in total. The van der Waals surface area contributed by atoms with E-state index in [-0.39, 0.29) is 15.7 Å². The third-order valence-electron chi connectivity index (χ3n) is 5.38. The van der Waals surface area contributed by atoms with Crippen molar-refractivity contribution in [2.45, 2.75) is 58.3 Å². The number of rotatable bonds is 3. The molecule has 0 saturated heterocycles. The first-order chi connectivity index (χ1) is 11.6. The molecule has 1 aromatic heterocycles. The molecule has 1 heterocycles. The van der Waals surface area contributed by atoms with E-state index in [1.165, 1.54) is 47.1 Å². The van der Waals surface area contributed by atoms with Crippen LogP contribution < -0.4 is 0 Å². The number of hydrogen-bond donors (Lipinski definition) is 1. The van der Waals surface area contributed by atoms with Crippen molar-refractivity contribution in [3.63, 3.8) is 0 Å². The molecule has 1 aliphatic carbocycles. The molecule has 0 amide bonds. The number of thiazole rings is 1. The molecule has 0 atom stereocenters. The molecule has 1 aromatic carbocycles. The van der Waals surface area contributed by atoms with E-state index < -0.39 is 5.97 Å². The van der Waals surface area contributed by atoms with Crippen molar-refractivity contribution in [2.24, 2.45) is 0 Å². The van der Waals surface area contributed by atoms with Gasteiger partial charge in [0, 0.05) is 0 Å². The molecule has 0 spiro atoms. The molecule has 3 rings (SSSR count). The molecule has 0 radical (unpaired) electrons. The van der Waals surface area contributed by atoms with Crippen molar-refractivity contribution in [2.75, 3.05) is 0 Å². The topological polar surface area (TPSA) is 50.2 Å². The van der Waals surface area contributed by atoms with Gasteiger partial charge in [0.2, 0.25) is 0 Å². The highest BCUT2D eigenvalue weighted by Gasteiger charge is 2.36. The lowest BCUT2D eigenvalue weighted by molar-refractivity contribution is 0.0702. The van der Waals surface area contributed by atoms with Gasteiger partial charge in [-0.2, -0.15) is 0 Å². The molecule has 25 heavy (non-hydrogen) atoms. The molecule has 1 aliphatic rings. The molecule has 0 saturated carbocycles. The first kappa shape index (κ1) is 17.9. The van der Waals surface area contributed by atoms with Gasteiger partial charge in [-0.3, -0.25) is 0 Å². The number of allylic oxidation sites excluding steroid dienone is 1. The summed E-state index contributed by atoms with van der Waals surface area (Å²) >= 11 is 1.21. The zero-order valence-corrected chi connectivity index (χ0v) is 16.3. The van der Waals surface area contributed by atoms with Crippen molar-refractivity contribution in [1.29, 1.82) is 0 Å². The van der Waals surface area contributed by atoms with Crippen LogP contribution in [-0.4, -0.2) is 16.1 Å². The highest BCUT2D eigenvalue weighted by Crippen LogP contribution is 2.46. The maximum Gasteiger partial charge on any atom is 0.347 e. The maximum atomic E-state index is 11.0. The van der Waals surface area contributed by atoms with Crippen molar-refractivity contribution in [1.82, 2.24) is 4.98 Å². The Hall–Kier alpha value is -1.94. The van der Waals surface area contributed by atoms with Crippen LogP contribution >= 0.6 is 11.3 Å². The van der Waals surface area contributed by atoms with Crippen LogP contribution in [0.3, 0.4) is 0 Å². The smallest absolute Gasteiger partial charge is 0.347 e. The number of nitrogens with zero attached hydrogens (tertiary/aromatic N) is 1. The first-order valence-corrected chi connectivity index (χ1v) is 9.45. The van der Waals surface area contributed by atoms with Crippen molar-refractivity contribution in [3.05, 3.63) is 51.0 Å². The minimum Gasteiger partial charge on any atom is -0.477 e. The van der Waals surface area contributed by atoms with Crippen LogP contribution in [0.5, 0.6) is 0 Å². The Labute approximate surface area is 153 Å². The van der Waals surface area contributed by atoms with E-state index in [0.717, 1.165) is 10.6 Å². The van der Waals surface area contributed by atoms with Gasteiger partial charge in [-0.15, -0.1) is 11.3 Å². The summed E-state index contributed by atoms with van der Waals surface area (Å²) < 4.78 is 0. The summed E-state index contributed by atoms with van der Waals surface area (Å²) in [7, 11) is 0. The zero-order chi connectivity index (χ0) is 18.4. The lowest BCUT2D eigenvalue weighted by atomic mass is 9.63. The number of aromatic carboxylic acids is 1. The average molecular weight is 356 g/mol. The molecule has 3 nitrogen and oxygen atoms in total. The number of aromatic nitrogens is 1. The molecule has 0 unspecified atom stereocenters. The van der Waals surface area contributed by atoms with Gasteiger partial charge in [-0.25, -0.2) is 9.78 Å². The highest BCUT2D eigenvalue weighted by molar-refractivity contribution is 7.14. The number of carbonyl (C=O) groups is 1. The molecule has 0 bridgehead atoms. The van der Waals surface area contributed by atoms with Gasteiger partial charge < -0.3 is 5.11 Å². The van der Waals surface area contributed by atoms with Gasteiger partial charge in [0.05, 0.1) is 6.20 Å². The van der Waals surface area contributed by atoms with Gasteiger partial charge in [0.1, 0.15) is 9.88 Å². The van der Waals surface area contributed by atoms with Crippen molar-refractivity contribution in [3.8, 4) is 0 Å². The predicted octanol–water partition coefficient (Wildman–Crippen LogP) is 5.75. The fraction of sp³-hybridized carbons (Fsp3) is 0.429. The summed E-state index contributed by atoms with van der Waals surface area (Å²) in [6.07, 6.45) is 5.79. The van der Waals surface area contributed by atoms with Crippen LogP contribution in [0.2, 0.25) is 0 Å². The van der Waals surface area contributed by atoms with Gasteiger partial charge in [-0.05, 0) is 58.9 Å². The zero-order valence-electron chi connectivity index (χ0n) is 15.5. The summed E-state index contributed by atoms with van der Waals surface area (Å²) in [6.45, 7) is 11.4. The van der Waals surface area contributed by atoms with Crippen LogP contribution in [0.1, 0.15) is 78.8 Å². The van der Waals surface area contributed by atoms with E-state index in [9.17, 15) is 4.79 Å². The van der Waals surface area contributed by atoms with Crippen LogP contribution in [0, 0.1) is 0 Å². The number of carboxylic acid groups (broad SMARTS) is 1. The fourth-order valence-electron chi connectivity index (χ4n) is 3.56. The summed E-state index contributed by atoms with van der Waals surface area (Å²) in [5.74, 6) is -0.924. The highest BCUT2D eigenvalue weighted by atomic mass is 32.1. The molecule has 4 heteroatoms. The second kappa shape index (κ2) is 6.10. The van der Waals surface area contributed by atoms with E-state index in [1.54, 1.807) is 0 Å². The normalized spacial score (nSPS) is 18.7. The number of benzene rings is 1. The van der Waals surface area contributed by atoms with Crippen molar-refractivity contribution >= 4 is 29.0 Å². The largest absolute Gasteiger partial charge is 0.477 e. The van der Waals surface area contributed by atoms with E-state index in [2.05, 4.69) is 57.8 Å². The second-order valence-electron chi connectivity index (χ2n) is 8.22. The SMILES string of the molecule is C/C(=C\c1ncc(C(=O)O)s1)c1ccc2c(c1)C(C)(C)CCC2(C)C. The number of carboxylic acids is 1. The predicted molar refractivity (Wildman–Crippen MR) is 104 cm³/mol. The lowest BCUT2D eigenvalue weighted by Gasteiger charge is -2.42. The molecular weight excluding hydrogens is 330 g/mol. The Balaban J connectivity index is 2.00. The van der Waals surface area contributed by atoms with Gasteiger partial charge in [-0.1, -0.05) is 45.9 Å². The van der Waals surface area contributed by atoms with Gasteiger partial charge in [0.25, 0.3) is 0 Å². The fourth-order valence-corrected chi connectivity index (χ4v) is 4.31. The molecule has 2 aromatic rings. The minimum atomic E-state index is -0.924. The van der Waals surface area contributed by atoms with Crippen LogP contribution in [0.4, 0.5) is 0 Å². The van der Waals surface area contributed by atoms with Gasteiger partial charge in [0.15, 0.2) is 0 Å². The molecule has 132 valence electrons. The van der Waals surface area contributed by atoms with Crippen LogP contribution in [0.15, 0.2) is 24.4 Å². The van der Waals surface area contributed by atoms with E-state index in [1.807, 2.05) is 6.08 Å². The Morgan fingerprint density at radius 1 is 1.16 bits per heavy atom. The van der Waals surface area contributed by atoms with Gasteiger partial charge >= 0.3 is 5.97 Å². The summed E-state index contributed by atoms with van der Waals surface area (Å²) in [6, 6.07) is 6.76.